The van der Waals surface area contributed by atoms with E-state index in [9.17, 15) is 4.79 Å². The summed E-state index contributed by atoms with van der Waals surface area (Å²) in [4.78, 5) is 25.4. The Morgan fingerprint density at radius 3 is 3.11 bits per heavy atom. The molecule has 3 aromatic rings. The lowest BCUT2D eigenvalue weighted by Crippen LogP contribution is -2.44. The second kappa shape index (κ2) is 8.19. The number of nitrogens with zero attached hydrogens (tertiary/aromatic N) is 4. The highest BCUT2D eigenvalue weighted by Gasteiger charge is 2.24. The molecule has 1 saturated heterocycles. The summed E-state index contributed by atoms with van der Waals surface area (Å²) in [5, 5.41) is 13.8. The summed E-state index contributed by atoms with van der Waals surface area (Å²) in [5.74, 6) is -0.569. The lowest BCUT2D eigenvalue weighted by Gasteiger charge is -2.34. The molecule has 2 atom stereocenters. The molecule has 7 nitrogen and oxygen atoms in total. The molecule has 3 aromatic heterocycles. The van der Waals surface area contributed by atoms with Gasteiger partial charge in [-0.2, -0.15) is 5.26 Å². The standard InChI is InChI=1S/C21H22N6O/c22-10-15(14-28)12-27-9-3-4-16(13-27)26-20-17-6-8-24-21(17)25-11-18(20)19-5-1-2-7-23-19/h1-2,5-8,11,14-16H,3-4,9,12-13H2,(H2,24,25,26)/t15?,16-/m1/s1. The van der Waals surface area contributed by atoms with E-state index in [4.69, 9.17) is 5.26 Å². The average Bonchev–Trinajstić information content (AvgIpc) is 3.22. The summed E-state index contributed by atoms with van der Waals surface area (Å²) in [6.45, 7) is 2.19. The molecule has 28 heavy (non-hydrogen) atoms. The van der Waals surface area contributed by atoms with Gasteiger partial charge in [-0.3, -0.25) is 9.88 Å². The molecule has 0 amide bonds. The normalized spacial score (nSPS) is 18.5. The Balaban J connectivity index is 1.61. The van der Waals surface area contributed by atoms with E-state index in [2.05, 4.69) is 31.2 Å². The molecule has 2 N–H and O–H groups in total. The maximum Gasteiger partial charge on any atom is 0.139 e. The van der Waals surface area contributed by atoms with Crippen LogP contribution in [-0.4, -0.2) is 51.8 Å². The van der Waals surface area contributed by atoms with Crippen LogP contribution < -0.4 is 5.32 Å². The summed E-state index contributed by atoms with van der Waals surface area (Å²) in [5.41, 5.74) is 3.69. The van der Waals surface area contributed by atoms with Crippen LogP contribution in [-0.2, 0) is 4.79 Å². The molecule has 4 heterocycles. The highest BCUT2D eigenvalue weighted by Crippen LogP contribution is 2.33. The van der Waals surface area contributed by atoms with E-state index in [-0.39, 0.29) is 6.04 Å². The van der Waals surface area contributed by atoms with Gasteiger partial charge in [0.1, 0.15) is 17.9 Å². The highest BCUT2D eigenvalue weighted by atomic mass is 16.1. The van der Waals surface area contributed by atoms with E-state index >= 15 is 0 Å². The maximum absolute atomic E-state index is 11.0. The lowest BCUT2D eigenvalue weighted by molar-refractivity contribution is -0.110. The third-order valence-electron chi connectivity index (χ3n) is 5.17. The van der Waals surface area contributed by atoms with Crippen molar-refractivity contribution in [2.75, 3.05) is 25.0 Å². The lowest BCUT2D eigenvalue weighted by atomic mass is 10.0. The van der Waals surface area contributed by atoms with Crippen molar-refractivity contribution in [3.05, 3.63) is 42.9 Å². The summed E-state index contributed by atoms with van der Waals surface area (Å²) >= 11 is 0. The van der Waals surface area contributed by atoms with Crippen molar-refractivity contribution in [2.45, 2.75) is 18.9 Å². The predicted molar refractivity (Wildman–Crippen MR) is 108 cm³/mol. The molecule has 0 bridgehead atoms. The fourth-order valence-corrected chi connectivity index (χ4v) is 3.82. The van der Waals surface area contributed by atoms with Crippen molar-refractivity contribution in [1.29, 1.82) is 5.26 Å². The minimum Gasteiger partial charge on any atom is -0.380 e. The molecule has 7 heteroatoms. The van der Waals surface area contributed by atoms with Crippen LogP contribution in [0.1, 0.15) is 12.8 Å². The highest BCUT2D eigenvalue weighted by molar-refractivity contribution is 5.97. The van der Waals surface area contributed by atoms with Crippen molar-refractivity contribution in [3.8, 4) is 17.3 Å². The van der Waals surface area contributed by atoms with Crippen molar-refractivity contribution in [1.82, 2.24) is 19.9 Å². The van der Waals surface area contributed by atoms with Gasteiger partial charge in [-0.15, -0.1) is 0 Å². The van der Waals surface area contributed by atoms with Crippen molar-refractivity contribution in [3.63, 3.8) is 0 Å². The SMILES string of the molecule is N#CC(C=O)CN1CCC[C@@H](Nc2c(-c3ccccn3)cnc3[nH]ccc23)C1. The van der Waals surface area contributed by atoms with E-state index in [1.807, 2.05) is 36.7 Å². The molecule has 0 aromatic carbocycles. The van der Waals surface area contributed by atoms with Gasteiger partial charge in [0, 0.05) is 48.7 Å². The molecule has 0 saturated carbocycles. The number of aromatic amines is 1. The fraction of sp³-hybridized carbons (Fsp3) is 0.333. The summed E-state index contributed by atoms with van der Waals surface area (Å²) < 4.78 is 0. The van der Waals surface area contributed by atoms with Crippen molar-refractivity contribution in [2.24, 2.45) is 5.92 Å². The fourth-order valence-electron chi connectivity index (χ4n) is 3.82. The second-order valence-corrected chi connectivity index (χ2v) is 7.12. The number of aromatic nitrogens is 3. The van der Waals surface area contributed by atoms with E-state index in [0.29, 0.717) is 6.54 Å². The van der Waals surface area contributed by atoms with Gasteiger partial charge in [-0.25, -0.2) is 4.98 Å². The Morgan fingerprint density at radius 1 is 1.39 bits per heavy atom. The van der Waals surface area contributed by atoms with Gasteiger partial charge in [0.15, 0.2) is 0 Å². The Hall–Kier alpha value is -3.24. The summed E-state index contributed by atoms with van der Waals surface area (Å²) in [6.07, 6.45) is 8.31. The smallest absolute Gasteiger partial charge is 0.139 e. The first-order valence-corrected chi connectivity index (χ1v) is 9.50. The van der Waals surface area contributed by atoms with Crippen molar-refractivity contribution < 1.29 is 4.79 Å². The van der Waals surface area contributed by atoms with Gasteiger partial charge in [0.05, 0.1) is 17.5 Å². The first-order valence-electron chi connectivity index (χ1n) is 9.50. The molecule has 1 fully saturated rings. The van der Waals surface area contributed by atoms with E-state index in [1.165, 1.54) is 0 Å². The van der Waals surface area contributed by atoms with Gasteiger partial charge < -0.3 is 15.1 Å². The van der Waals surface area contributed by atoms with Crippen LogP contribution in [0.15, 0.2) is 42.9 Å². The van der Waals surface area contributed by atoms with Gasteiger partial charge in [0.2, 0.25) is 0 Å². The number of H-pyrrole nitrogens is 1. The quantitative estimate of drug-likeness (QED) is 0.644. The first kappa shape index (κ1) is 18.1. The zero-order chi connectivity index (χ0) is 19.3. The van der Waals surface area contributed by atoms with Crippen LogP contribution in [0, 0.1) is 17.2 Å². The molecule has 0 radical (unpaired) electrons. The van der Waals surface area contributed by atoms with E-state index in [1.54, 1.807) is 6.20 Å². The molecule has 1 unspecified atom stereocenters. The van der Waals surface area contributed by atoms with Gasteiger partial charge in [0.25, 0.3) is 0 Å². The van der Waals surface area contributed by atoms with Gasteiger partial charge >= 0.3 is 0 Å². The van der Waals surface area contributed by atoms with Gasteiger partial charge in [-0.1, -0.05) is 6.07 Å². The molecule has 1 aliphatic rings. The second-order valence-electron chi connectivity index (χ2n) is 7.12. The Bertz CT molecular complexity index is 993. The minimum atomic E-state index is -0.569. The number of piperidine rings is 1. The number of carbonyl (C=O) groups is 1. The van der Waals surface area contributed by atoms with Gasteiger partial charge in [-0.05, 0) is 37.6 Å². The third kappa shape index (κ3) is 3.73. The Kier molecular flexibility index (Phi) is 5.31. The Morgan fingerprint density at radius 2 is 2.32 bits per heavy atom. The molecule has 4 rings (SSSR count). The number of likely N-dealkylation sites (tertiary alicyclic amines) is 1. The molecule has 0 spiro atoms. The number of rotatable bonds is 6. The number of carbonyl (C=O) groups excluding carboxylic acids is 1. The number of pyridine rings is 2. The summed E-state index contributed by atoms with van der Waals surface area (Å²) in [6, 6.07) is 10.2. The topological polar surface area (TPSA) is 97.7 Å². The number of hydrogen-bond acceptors (Lipinski definition) is 6. The van der Waals surface area contributed by atoms with E-state index < -0.39 is 5.92 Å². The van der Waals surface area contributed by atoms with Crippen LogP contribution in [0.5, 0.6) is 0 Å². The maximum atomic E-state index is 11.0. The number of aldehydes is 1. The average molecular weight is 374 g/mol. The zero-order valence-electron chi connectivity index (χ0n) is 15.5. The molecule has 1 aliphatic heterocycles. The van der Waals surface area contributed by atoms with Crippen LogP contribution in [0.3, 0.4) is 0 Å². The number of anilines is 1. The first-order chi connectivity index (χ1) is 13.8. The molecular weight excluding hydrogens is 352 g/mol. The number of hydrogen-bond donors (Lipinski definition) is 2. The zero-order valence-corrected chi connectivity index (χ0v) is 15.5. The monoisotopic (exact) mass is 374 g/mol. The largest absolute Gasteiger partial charge is 0.380 e. The van der Waals surface area contributed by atoms with Crippen LogP contribution in [0.4, 0.5) is 5.69 Å². The van der Waals surface area contributed by atoms with E-state index in [0.717, 1.165) is 60.2 Å². The molecule has 0 aliphatic carbocycles. The summed E-state index contributed by atoms with van der Waals surface area (Å²) in [7, 11) is 0. The Labute approximate surface area is 163 Å². The van der Waals surface area contributed by atoms with Crippen LogP contribution in [0.25, 0.3) is 22.3 Å². The predicted octanol–water partition coefficient (Wildman–Crippen LogP) is 2.84. The molecular formula is C21H22N6O. The minimum absolute atomic E-state index is 0.225. The van der Waals surface area contributed by atoms with Crippen molar-refractivity contribution >= 4 is 23.0 Å². The molecule has 142 valence electrons. The number of nitriles is 1. The van der Waals surface area contributed by atoms with Crippen LogP contribution >= 0.6 is 0 Å². The third-order valence-corrected chi connectivity index (χ3v) is 5.17. The number of nitrogens with one attached hydrogen (secondary N) is 2. The number of fused-ring (bicyclic) bond motifs is 1. The van der Waals surface area contributed by atoms with Crippen LogP contribution in [0.2, 0.25) is 0 Å².